The summed E-state index contributed by atoms with van der Waals surface area (Å²) in [7, 11) is 0. The summed E-state index contributed by atoms with van der Waals surface area (Å²) in [6, 6.07) is 0. The smallest absolute Gasteiger partial charge is 0.312 e. The van der Waals surface area contributed by atoms with Crippen molar-refractivity contribution < 1.29 is 14.4 Å². The second kappa shape index (κ2) is 4.84. The molecule has 0 aromatic carbocycles. The van der Waals surface area contributed by atoms with Crippen molar-refractivity contribution in [3.63, 3.8) is 0 Å². The van der Waals surface area contributed by atoms with Gasteiger partial charge in [0.1, 0.15) is 6.29 Å². The minimum atomic E-state index is 0.426. The van der Waals surface area contributed by atoms with Crippen LogP contribution in [0.1, 0.15) is 0 Å². The van der Waals surface area contributed by atoms with Gasteiger partial charge < -0.3 is 9.63 Å². The summed E-state index contributed by atoms with van der Waals surface area (Å²) >= 11 is 0. The minimum Gasteiger partial charge on any atom is -0.371 e. The molecule has 0 radical (unpaired) electrons. The van der Waals surface area contributed by atoms with Crippen molar-refractivity contribution in [1.82, 2.24) is 9.96 Å². The molecular weight excluding hydrogens is 160 g/mol. The molecule has 12 heavy (non-hydrogen) atoms. The van der Waals surface area contributed by atoms with Crippen molar-refractivity contribution >= 4 is 12.8 Å². The quantitative estimate of drug-likeness (QED) is 0.503. The van der Waals surface area contributed by atoms with Crippen LogP contribution in [0.4, 0.5) is 0 Å². The van der Waals surface area contributed by atoms with E-state index < -0.39 is 0 Å². The SMILES string of the molecule is O=CCN1CCN(OC=O)CC1. The maximum atomic E-state index is 10.1. The molecule has 0 bridgehead atoms. The van der Waals surface area contributed by atoms with Gasteiger partial charge in [0.15, 0.2) is 0 Å². The van der Waals surface area contributed by atoms with Crippen molar-refractivity contribution in [3.8, 4) is 0 Å². The molecule has 68 valence electrons. The molecule has 1 aliphatic rings. The predicted molar refractivity (Wildman–Crippen MR) is 41.2 cm³/mol. The maximum Gasteiger partial charge on any atom is 0.312 e. The third-order valence-corrected chi connectivity index (χ3v) is 1.86. The van der Waals surface area contributed by atoms with Crippen LogP contribution in [0.25, 0.3) is 0 Å². The highest BCUT2D eigenvalue weighted by atomic mass is 16.7. The van der Waals surface area contributed by atoms with Gasteiger partial charge in [-0.25, -0.2) is 0 Å². The van der Waals surface area contributed by atoms with Gasteiger partial charge in [0, 0.05) is 26.2 Å². The first-order valence-corrected chi connectivity index (χ1v) is 3.88. The van der Waals surface area contributed by atoms with E-state index >= 15 is 0 Å². The van der Waals surface area contributed by atoms with Gasteiger partial charge in [-0.15, -0.1) is 5.06 Å². The number of piperazine rings is 1. The van der Waals surface area contributed by atoms with E-state index in [1.807, 2.05) is 4.90 Å². The second-order valence-corrected chi connectivity index (χ2v) is 2.60. The van der Waals surface area contributed by atoms with Gasteiger partial charge in [-0.2, -0.15) is 0 Å². The minimum absolute atomic E-state index is 0.426. The average molecular weight is 172 g/mol. The van der Waals surface area contributed by atoms with Crippen LogP contribution in [-0.2, 0) is 14.4 Å². The van der Waals surface area contributed by atoms with Crippen LogP contribution in [0.15, 0.2) is 0 Å². The number of aldehydes is 1. The highest BCUT2D eigenvalue weighted by Crippen LogP contribution is 1.99. The number of rotatable bonds is 4. The van der Waals surface area contributed by atoms with Crippen molar-refractivity contribution in [2.24, 2.45) is 0 Å². The Morgan fingerprint density at radius 1 is 1.17 bits per heavy atom. The zero-order chi connectivity index (χ0) is 8.81. The van der Waals surface area contributed by atoms with E-state index in [9.17, 15) is 9.59 Å². The third-order valence-electron chi connectivity index (χ3n) is 1.86. The van der Waals surface area contributed by atoms with Crippen LogP contribution >= 0.6 is 0 Å². The van der Waals surface area contributed by atoms with E-state index in [4.69, 9.17) is 0 Å². The fourth-order valence-electron chi connectivity index (χ4n) is 1.18. The lowest BCUT2D eigenvalue weighted by molar-refractivity contribution is -0.181. The molecule has 5 nitrogen and oxygen atoms in total. The maximum absolute atomic E-state index is 10.1. The number of hydrogen-bond donors (Lipinski definition) is 0. The van der Waals surface area contributed by atoms with E-state index in [2.05, 4.69) is 4.84 Å². The van der Waals surface area contributed by atoms with E-state index in [0.717, 1.165) is 19.4 Å². The molecule has 0 N–H and O–H groups in total. The fourth-order valence-corrected chi connectivity index (χ4v) is 1.18. The van der Waals surface area contributed by atoms with Gasteiger partial charge in [0.2, 0.25) is 0 Å². The van der Waals surface area contributed by atoms with Gasteiger partial charge in [0.05, 0.1) is 6.54 Å². The lowest BCUT2D eigenvalue weighted by Crippen LogP contribution is -2.46. The molecule has 0 aromatic heterocycles. The molecular formula is C7H12N2O3. The van der Waals surface area contributed by atoms with E-state index in [1.54, 1.807) is 5.06 Å². The molecule has 5 heteroatoms. The van der Waals surface area contributed by atoms with E-state index in [0.29, 0.717) is 26.1 Å². The number of nitrogens with zero attached hydrogens (tertiary/aromatic N) is 2. The molecule has 0 saturated carbocycles. The monoisotopic (exact) mass is 172 g/mol. The Balaban J connectivity index is 2.19. The first-order chi connectivity index (χ1) is 5.86. The van der Waals surface area contributed by atoms with Crippen LogP contribution in [0.2, 0.25) is 0 Å². The average Bonchev–Trinajstić information content (AvgIpc) is 2.09. The molecule has 0 amide bonds. The molecule has 0 atom stereocenters. The molecule has 1 fully saturated rings. The summed E-state index contributed by atoms with van der Waals surface area (Å²) in [5, 5.41) is 1.59. The lowest BCUT2D eigenvalue weighted by atomic mass is 10.3. The third kappa shape index (κ3) is 2.60. The zero-order valence-corrected chi connectivity index (χ0v) is 6.81. The van der Waals surface area contributed by atoms with Crippen molar-refractivity contribution in [3.05, 3.63) is 0 Å². The Bertz CT molecular complexity index is 137. The standard InChI is InChI=1S/C7H12N2O3/c10-6-5-8-1-3-9(4-2-8)12-7-11/h6-7H,1-5H2. The van der Waals surface area contributed by atoms with Gasteiger partial charge in [0.25, 0.3) is 0 Å². The van der Waals surface area contributed by atoms with Gasteiger partial charge >= 0.3 is 6.47 Å². The van der Waals surface area contributed by atoms with Gasteiger partial charge in [-0.3, -0.25) is 9.69 Å². The molecule has 1 saturated heterocycles. The molecule has 1 rings (SSSR count). The number of hydrogen-bond acceptors (Lipinski definition) is 5. The summed E-state index contributed by atoms with van der Waals surface area (Å²) in [5.74, 6) is 0. The molecule has 0 aromatic rings. The Hall–Kier alpha value is -0.940. The summed E-state index contributed by atoms with van der Waals surface area (Å²) in [6.07, 6.45) is 0.885. The first-order valence-electron chi connectivity index (χ1n) is 3.88. The number of carbonyl (C=O) groups excluding carboxylic acids is 2. The highest BCUT2D eigenvalue weighted by molar-refractivity contribution is 5.51. The van der Waals surface area contributed by atoms with Crippen molar-refractivity contribution in [1.29, 1.82) is 0 Å². The lowest BCUT2D eigenvalue weighted by Gasteiger charge is -2.30. The summed E-state index contributed by atoms with van der Waals surface area (Å²) in [4.78, 5) is 26.7. The Kier molecular flexibility index (Phi) is 3.69. The van der Waals surface area contributed by atoms with Crippen LogP contribution < -0.4 is 0 Å². The normalized spacial score (nSPS) is 20.3. The molecule has 1 heterocycles. The van der Waals surface area contributed by atoms with E-state index in [-0.39, 0.29) is 0 Å². The zero-order valence-electron chi connectivity index (χ0n) is 6.81. The summed E-state index contributed by atoms with van der Waals surface area (Å²) in [5.41, 5.74) is 0. The Morgan fingerprint density at radius 2 is 1.83 bits per heavy atom. The molecule has 1 aliphatic heterocycles. The first kappa shape index (κ1) is 9.15. The molecule has 0 unspecified atom stereocenters. The largest absolute Gasteiger partial charge is 0.371 e. The van der Waals surface area contributed by atoms with Crippen LogP contribution in [0, 0.1) is 0 Å². The van der Waals surface area contributed by atoms with Gasteiger partial charge in [-0.05, 0) is 0 Å². The van der Waals surface area contributed by atoms with E-state index in [1.165, 1.54) is 0 Å². The van der Waals surface area contributed by atoms with Crippen molar-refractivity contribution in [2.45, 2.75) is 0 Å². The Morgan fingerprint density at radius 3 is 2.33 bits per heavy atom. The molecule has 0 aliphatic carbocycles. The van der Waals surface area contributed by atoms with Crippen LogP contribution in [0.3, 0.4) is 0 Å². The predicted octanol–water partition coefficient (Wildman–Crippen LogP) is -1.11. The topological polar surface area (TPSA) is 49.9 Å². The Labute approximate surface area is 70.8 Å². The summed E-state index contributed by atoms with van der Waals surface area (Å²) < 4.78 is 0. The fraction of sp³-hybridized carbons (Fsp3) is 0.714. The van der Waals surface area contributed by atoms with Crippen LogP contribution in [0.5, 0.6) is 0 Å². The second-order valence-electron chi connectivity index (χ2n) is 2.60. The highest BCUT2D eigenvalue weighted by Gasteiger charge is 2.16. The van der Waals surface area contributed by atoms with Crippen LogP contribution in [-0.4, -0.2) is 55.4 Å². The van der Waals surface area contributed by atoms with Crippen molar-refractivity contribution in [2.75, 3.05) is 32.7 Å². The number of hydroxylamine groups is 2. The molecule has 0 spiro atoms. The van der Waals surface area contributed by atoms with Gasteiger partial charge in [-0.1, -0.05) is 0 Å². The number of carbonyl (C=O) groups is 2. The summed E-state index contributed by atoms with van der Waals surface area (Å²) in [6.45, 7) is 3.78.